The van der Waals surface area contributed by atoms with Gasteiger partial charge in [0.1, 0.15) is 24.3 Å². The van der Waals surface area contributed by atoms with E-state index in [9.17, 15) is 0 Å². The number of ether oxygens (including phenoxy) is 1. The van der Waals surface area contributed by atoms with Crippen molar-refractivity contribution in [2.24, 2.45) is 4.99 Å². The van der Waals surface area contributed by atoms with E-state index in [2.05, 4.69) is 20.6 Å². The highest BCUT2D eigenvalue weighted by molar-refractivity contribution is 14.0. The summed E-state index contributed by atoms with van der Waals surface area (Å²) in [7, 11) is 0. The summed E-state index contributed by atoms with van der Waals surface area (Å²) < 4.78 is 16.3. The number of hydrogen-bond donors (Lipinski definition) is 2. The van der Waals surface area contributed by atoms with Gasteiger partial charge in [0.05, 0.1) is 17.7 Å². The second-order valence-corrected chi connectivity index (χ2v) is 6.68. The van der Waals surface area contributed by atoms with Crippen molar-refractivity contribution >= 4 is 41.3 Å². The summed E-state index contributed by atoms with van der Waals surface area (Å²) in [5, 5.41) is 8.53. The molecule has 3 aromatic heterocycles. The molecule has 0 saturated carbocycles. The zero-order valence-electron chi connectivity index (χ0n) is 15.7. The number of oxazole rings is 1. The molecule has 0 aromatic carbocycles. The molecule has 0 aliphatic heterocycles. The van der Waals surface area contributed by atoms with E-state index >= 15 is 0 Å². The van der Waals surface area contributed by atoms with Crippen LogP contribution in [0, 0.1) is 0 Å². The molecule has 0 amide bonds. The first-order valence-corrected chi connectivity index (χ1v) is 9.83. The van der Waals surface area contributed by atoms with Gasteiger partial charge in [0.25, 0.3) is 0 Å². The summed E-state index contributed by atoms with van der Waals surface area (Å²) in [6.07, 6.45) is 4.18. The van der Waals surface area contributed by atoms with Gasteiger partial charge in [-0.1, -0.05) is 6.07 Å². The molecule has 3 aromatic rings. The topological polar surface area (TPSA) is 84.8 Å². The smallest absolute Gasteiger partial charge is 0.236 e. The fraction of sp³-hybridized carbons (Fsp3) is 0.368. The molecule has 0 spiro atoms. The zero-order chi connectivity index (χ0) is 18.7. The first kappa shape index (κ1) is 22.4. The molecule has 2 N–H and O–H groups in total. The molecule has 0 fully saturated rings. The number of nitrogens with one attached hydrogen (secondary N) is 2. The Morgan fingerprint density at radius 1 is 1.25 bits per heavy atom. The van der Waals surface area contributed by atoms with Gasteiger partial charge in [0.15, 0.2) is 5.96 Å². The minimum Gasteiger partial charge on any atom is -0.467 e. The number of thiophene rings is 1. The molecule has 3 heterocycles. The predicted octanol–water partition coefficient (Wildman–Crippen LogP) is 4.28. The third-order valence-corrected chi connectivity index (χ3v) is 4.47. The van der Waals surface area contributed by atoms with Crippen LogP contribution in [0.1, 0.15) is 24.8 Å². The van der Waals surface area contributed by atoms with Gasteiger partial charge in [-0.25, -0.2) is 9.98 Å². The number of guanidine groups is 1. The quantitative estimate of drug-likeness (QED) is 0.181. The molecular formula is C19H25IN4O3S. The Hall–Kier alpha value is -1.85. The Balaban J connectivity index is 0.00000280. The number of aromatic nitrogens is 1. The fourth-order valence-electron chi connectivity index (χ4n) is 2.34. The molecule has 152 valence electrons. The maximum atomic E-state index is 5.57. The average Bonchev–Trinajstić information content (AvgIpc) is 3.44. The third-order valence-electron chi connectivity index (χ3n) is 3.61. The van der Waals surface area contributed by atoms with Gasteiger partial charge in [-0.2, -0.15) is 0 Å². The van der Waals surface area contributed by atoms with Crippen molar-refractivity contribution < 1.29 is 13.6 Å². The number of aliphatic imine (C=N–C) groups is 1. The molecule has 0 aliphatic carbocycles. The first-order valence-electron chi connectivity index (χ1n) is 8.95. The number of hydrogen-bond acceptors (Lipinski definition) is 6. The molecule has 0 radical (unpaired) electrons. The summed E-state index contributed by atoms with van der Waals surface area (Å²) in [6.45, 7) is 5.21. The van der Waals surface area contributed by atoms with Gasteiger partial charge in [-0.3, -0.25) is 0 Å². The monoisotopic (exact) mass is 516 g/mol. The van der Waals surface area contributed by atoms with E-state index in [0.717, 1.165) is 41.8 Å². The van der Waals surface area contributed by atoms with E-state index in [4.69, 9.17) is 13.6 Å². The highest BCUT2D eigenvalue weighted by atomic mass is 127. The standard InChI is InChI=1S/C19H24N4O3S.HI/c1-2-20-19(21-8-5-9-24-14-16-6-3-10-25-16)22-12-15-13-26-18(23-15)17-7-4-11-27-17;/h3-4,6-7,10-11,13H,2,5,8-9,12,14H2,1H3,(H2,20,21,22);1H. The van der Waals surface area contributed by atoms with E-state index in [1.807, 2.05) is 36.6 Å². The SMILES string of the molecule is CCNC(=NCc1coc(-c2cccs2)n1)NCCCOCc1ccco1.I. The highest BCUT2D eigenvalue weighted by Gasteiger charge is 2.07. The maximum absolute atomic E-state index is 5.57. The Morgan fingerprint density at radius 2 is 2.18 bits per heavy atom. The molecule has 0 bridgehead atoms. The molecule has 0 atom stereocenters. The summed E-state index contributed by atoms with van der Waals surface area (Å²) in [6, 6.07) is 7.73. The van der Waals surface area contributed by atoms with Crippen molar-refractivity contribution in [3.8, 4) is 10.8 Å². The van der Waals surface area contributed by atoms with E-state index in [1.165, 1.54) is 0 Å². The third kappa shape index (κ3) is 7.28. The minimum absolute atomic E-state index is 0. The van der Waals surface area contributed by atoms with Crippen molar-refractivity contribution in [2.75, 3.05) is 19.7 Å². The van der Waals surface area contributed by atoms with E-state index in [0.29, 0.717) is 25.6 Å². The fourth-order valence-corrected chi connectivity index (χ4v) is 3.00. The highest BCUT2D eigenvalue weighted by Crippen LogP contribution is 2.23. The van der Waals surface area contributed by atoms with Crippen LogP contribution in [0.15, 0.2) is 56.0 Å². The molecule has 28 heavy (non-hydrogen) atoms. The average molecular weight is 516 g/mol. The van der Waals surface area contributed by atoms with Crippen molar-refractivity contribution in [1.82, 2.24) is 15.6 Å². The molecule has 9 heteroatoms. The van der Waals surface area contributed by atoms with E-state index in [1.54, 1.807) is 23.9 Å². The number of halogens is 1. The van der Waals surface area contributed by atoms with Gasteiger partial charge in [0, 0.05) is 19.7 Å². The molecule has 0 aliphatic rings. The lowest BCUT2D eigenvalue weighted by Gasteiger charge is -2.10. The molecule has 0 saturated heterocycles. The van der Waals surface area contributed by atoms with Crippen molar-refractivity contribution in [2.45, 2.75) is 26.5 Å². The van der Waals surface area contributed by atoms with Crippen LogP contribution >= 0.6 is 35.3 Å². The number of rotatable bonds is 10. The normalized spacial score (nSPS) is 11.2. The first-order chi connectivity index (χ1) is 13.3. The van der Waals surface area contributed by atoms with Gasteiger partial charge < -0.3 is 24.2 Å². The van der Waals surface area contributed by atoms with Crippen LogP contribution in [-0.4, -0.2) is 30.6 Å². The summed E-state index contributed by atoms with van der Waals surface area (Å²) in [5.74, 6) is 2.23. The molecular weight excluding hydrogens is 491 g/mol. The van der Waals surface area contributed by atoms with Gasteiger partial charge in [-0.15, -0.1) is 35.3 Å². The zero-order valence-corrected chi connectivity index (χ0v) is 18.9. The second-order valence-electron chi connectivity index (χ2n) is 5.73. The maximum Gasteiger partial charge on any atom is 0.236 e. The van der Waals surface area contributed by atoms with E-state index in [-0.39, 0.29) is 24.0 Å². The lowest BCUT2D eigenvalue weighted by Crippen LogP contribution is -2.38. The second kappa shape index (κ2) is 12.6. The lowest BCUT2D eigenvalue weighted by molar-refractivity contribution is 0.105. The van der Waals surface area contributed by atoms with Crippen molar-refractivity contribution in [3.63, 3.8) is 0 Å². The Morgan fingerprint density at radius 3 is 2.93 bits per heavy atom. The summed E-state index contributed by atoms with van der Waals surface area (Å²) in [5.41, 5.74) is 0.803. The van der Waals surface area contributed by atoms with Crippen molar-refractivity contribution in [1.29, 1.82) is 0 Å². The minimum atomic E-state index is 0. The largest absolute Gasteiger partial charge is 0.467 e. The molecule has 7 nitrogen and oxygen atoms in total. The van der Waals surface area contributed by atoms with Crippen molar-refractivity contribution in [3.05, 3.63) is 53.6 Å². The predicted molar refractivity (Wildman–Crippen MR) is 121 cm³/mol. The Bertz CT molecular complexity index is 803. The van der Waals surface area contributed by atoms with Gasteiger partial charge >= 0.3 is 0 Å². The molecule has 3 rings (SSSR count). The number of furan rings is 1. The Kier molecular flexibility index (Phi) is 10.1. The Labute approximate surface area is 185 Å². The van der Waals surface area contributed by atoms with Gasteiger partial charge in [-0.05, 0) is 36.9 Å². The van der Waals surface area contributed by atoms with Crippen LogP contribution in [0.2, 0.25) is 0 Å². The summed E-state index contributed by atoms with van der Waals surface area (Å²) in [4.78, 5) is 10.1. The van der Waals surface area contributed by atoms with Crippen LogP contribution in [0.3, 0.4) is 0 Å². The van der Waals surface area contributed by atoms with Crippen LogP contribution in [0.5, 0.6) is 0 Å². The van der Waals surface area contributed by atoms with Crippen LogP contribution in [0.4, 0.5) is 0 Å². The summed E-state index contributed by atoms with van der Waals surface area (Å²) >= 11 is 1.60. The lowest BCUT2D eigenvalue weighted by atomic mass is 10.4. The molecule has 0 unspecified atom stereocenters. The van der Waals surface area contributed by atoms with E-state index < -0.39 is 0 Å². The van der Waals surface area contributed by atoms with Gasteiger partial charge in [0.2, 0.25) is 5.89 Å². The van der Waals surface area contributed by atoms with Crippen LogP contribution < -0.4 is 10.6 Å². The van der Waals surface area contributed by atoms with Crippen LogP contribution in [0.25, 0.3) is 10.8 Å². The van der Waals surface area contributed by atoms with Crippen LogP contribution in [-0.2, 0) is 17.9 Å². The number of nitrogens with zero attached hydrogens (tertiary/aromatic N) is 2.